The van der Waals surface area contributed by atoms with Gasteiger partial charge in [0.05, 0.1) is 6.04 Å². The summed E-state index contributed by atoms with van der Waals surface area (Å²) in [4.78, 5) is 4.25. The van der Waals surface area contributed by atoms with Gasteiger partial charge in [0.25, 0.3) is 0 Å². The molecule has 1 aromatic carbocycles. The summed E-state index contributed by atoms with van der Waals surface area (Å²) >= 11 is 1.61. The number of hydrogen-bond donors (Lipinski definition) is 2. The first-order chi connectivity index (χ1) is 10.1. The summed E-state index contributed by atoms with van der Waals surface area (Å²) in [5.74, 6) is 0.865. The fourth-order valence-corrected chi connectivity index (χ4v) is 2.78. The van der Waals surface area contributed by atoms with Crippen LogP contribution in [-0.2, 0) is 0 Å². The molecule has 0 aliphatic carbocycles. The van der Waals surface area contributed by atoms with Crippen molar-refractivity contribution in [1.82, 2.24) is 10.3 Å². The van der Waals surface area contributed by atoms with Gasteiger partial charge in [0.15, 0.2) is 0 Å². The molecular formula is C16H22N2O2S. The molecule has 0 radical (unpaired) electrons. The van der Waals surface area contributed by atoms with Crippen LogP contribution in [0, 0.1) is 13.8 Å². The first kappa shape index (κ1) is 15.9. The van der Waals surface area contributed by atoms with E-state index in [4.69, 9.17) is 4.74 Å². The van der Waals surface area contributed by atoms with Gasteiger partial charge in [-0.15, -0.1) is 11.3 Å². The van der Waals surface area contributed by atoms with Crippen LogP contribution in [0.1, 0.15) is 29.1 Å². The van der Waals surface area contributed by atoms with E-state index < -0.39 is 6.10 Å². The minimum Gasteiger partial charge on any atom is -0.490 e. The molecule has 2 N–H and O–H groups in total. The summed E-state index contributed by atoms with van der Waals surface area (Å²) in [6.07, 6.45) is 1.24. The van der Waals surface area contributed by atoms with Crippen LogP contribution in [0.5, 0.6) is 5.75 Å². The molecule has 0 saturated heterocycles. The van der Waals surface area contributed by atoms with E-state index in [0.717, 1.165) is 21.9 Å². The largest absolute Gasteiger partial charge is 0.490 e. The predicted octanol–water partition coefficient (Wildman–Crippen LogP) is 2.85. The number of para-hydroxylation sites is 1. The van der Waals surface area contributed by atoms with E-state index in [1.807, 2.05) is 44.4 Å². The van der Waals surface area contributed by atoms with Crippen molar-refractivity contribution in [3.8, 4) is 5.75 Å². The standard InChI is InChI=1S/C16H22N2O2S/c1-11-5-4-6-12(2)15(11)20-10-14(19)9-18-13(3)16-17-7-8-21-16/h4-8,13-14,18-19H,9-10H2,1-3H3. The van der Waals surface area contributed by atoms with Crippen molar-refractivity contribution in [2.45, 2.75) is 32.9 Å². The van der Waals surface area contributed by atoms with Crippen LogP contribution in [0.4, 0.5) is 0 Å². The molecule has 114 valence electrons. The number of nitrogens with one attached hydrogen (secondary N) is 1. The smallest absolute Gasteiger partial charge is 0.125 e. The van der Waals surface area contributed by atoms with Gasteiger partial charge < -0.3 is 15.2 Å². The van der Waals surface area contributed by atoms with Gasteiger partial charge >= 0.3 is 0 Å². The molecule has 1 heterocycles. The molecule has 0 spiro atoms. The molecule has 0 aliphatic rings. The molecule has 0 fully saturated rings. The Bertz CT molecular complexity index is 537. The Morgan fingerprint density at radius 1 is 1.33 bits per heavy atom. The van der Waals surface area contributed by atoms with E-state index in [1.165, 1.54) is 0 Å². The molecule has 0 saturated carbocycles. The highest BCUT2D eigenvalue weighted by Gasteiger charge is 2.12. The van der Waals surface area contributed by atoms with Crippen LogP contribution in [-0.4, -0.2) is 29.3 Å². The number of aliphatic hydroxyl groups excluding tert-OH is 1. The SMILES string of the molecule is Cc1cccc(C)c1OCC(O)CNC(C)c1nccs1. The lowest BCUT2D eigenvalue weighted by molar-refractivity contribution is 0.103. The van der Waals surface area contributed by atoms with E-state index in [-0.39, 0.29) is 12.6 Å². The second-order valence-corrected chi connectivity index (χ2v) is 6.11. The number of aryl methyl sites for hydroxylation is 2. The van der Waals surface area contributed by atoms with E-state index in [1.54, 1.807) is 17.5 Å². The highest BCUT2D eigenvalue weighted by molar-refractivity contribution is 7.09. The second-order valence-electron chi connectivity index (χ2n) is 5.19. The van der Waals surface area contributed by atoms with Crippen LogP contribution < -0.4 is 10.1 Å². The van der Waals surface area contributed by atoms with Crippen molar-refractivity contribution < 1.29 is 9.84 Å². The summed E-state index contributed by atoms with van der Waals surface area (Å²) in [6.45, 7) is 6.82. The fraction of sp³-hybridized carbons (Fsp3) is 0.438. The predicted molar refractivity (Wildman–Crippen MR) is 85.9 cm³/mol. The lowest BCUT2D eigenvalue weighted by Crippen LogP contribution is -2.33. The number of nitrogens with zero attached hydrogens (tertiary/aromatic N) is 1. The van der Waals surface area contributed by atoms with Crippen molar-refractivity contribution in [3.63, 3.8) is 0 Å². The van der Waals surface area contributed by atoms with Gasteiger partial charge in [0.1, 0.15) is 23.5 Å². The highest BCUT2D eigenvalue weighted by Crippen LogP contribution is 2.22. The van der Waals surface area contributed by atoms with E-state index in [2.05, 4.69) is 10.3 Å². The van der Waals surface area contributed by atoms with Gasteiger partial charge in [-0.1, -0.05) is 18.2 Å². The third kappa shape index (κ3) is 4.52. The first-order valence-electron chi connectivity index (χ1n) is 7.07. The fourth-order valence-electron chi connectivity index (χ4n) is 2.11. The summed E-state index contributed by atoms with van der Waals surface area (Å²) in [5.41, 5.74) is 2.18. The number of thiazole rings is 1. The number of aliphatic hydroxyl groups is 1. The summed E-state index contributed by atoms with van der Waals surface area (Å²) < 4.78 is 5.75. The second kappa shape index (κ2) is 7.54. The Balaban J connectivity index is 1.78. The maximum Gasteiger partial charge on any atom is 0.125 e. The lowest BCUT2D eigenvalue weighted by Gasteiger charge is -2.18. The lowest BCUT2D eigenvalue weighted by atomic mass is 10.1. The molecule has 1 aromatic heterocycles. The van der Waals surface area contributed by atoms with Gasteiger partial charge in [0, 0.05) is 18.1 Å². The molecule has 2 rings (SSSR count). The zero-order valence-electron chi connectivity index (χ0n) is 12.7. The van der Waals surface area contributed by atoms with Crippen LogP contribution >= 0.6 is 11.3 Å². The Kier molecular flexibility index (Phi) is 5.73. The summed E-state index contributed by atoms with van der Waals surface area (Å²) in [7, 11) is 0. The quantitative estimate of drug-likeness (QED) is 0.826. The molecule has 0 aliphatic heterocycles. The van der Waals surface area contributed by atoms with Crippen molar-refractivity contribution >= 4 is 11.3 Å². The third-order valence-corrected chi connectivity index (χ3v) is 4.27. The topological polar surface area (TPSA) is 54.4 Å². The zero-order chi connectivity index (χ0) is 15.2. The van der Waals surface area contributed by atoms with Gasteiger partial charge in [-0.2, -0.15) is 0 Å². The number of hydrogen-bond acceptors (Lipinski definition) is 5. The Morgan fingerprint density at radius 3 is 2.67 bits per heavy atom. The first-order valence-corrected chi connectivity index (χ1v) is 7.95. The Hall–Kier alpha value is -1.43. The van der Waals surface area contributed by atoms with E-state index in [9.17, 15) is 5.11 Å². The van der Waals surface area contributed by atoms with Crippen LogP contribution in [0.2, 0.25) is 0 Å². The Labute approximate surface area is 129 Å². The third-order valence-electron chi connectivity index (χ3n) is 3.31. The molecule has 2 atom stereocenters. The van der Waals surface area contributed by atoms with E-state index >= 15 is 0 Å². The van der Waals surface area contributed by atoms with Gasteiger partial charge in [0.2, 0.25) is 0 Å². The monoisotopic (exact) mass is 306 g/mol. The van der Waals surface area contributed by atoms with Crippen molar-refractivity contribution in [2.75, 3.05) is 13.2 Å². The normalized spacial score (nSPS) is 13.9. The molecule has 0 bridgehead atoms. The molecule has 0 amide bonds. The van der Waals surface area contributed by atoms with Gasteiger partial charge in [-0.25, -0.2) is 4.98 Å². The average molecular weight is 306 g/mol. The molecule has 21 heavy (non-hydrogen) atoms. The average Bonchev–Trinajstić information content (AvgIpc) is 2.98. The number of aromatic nitrogens is 1. The molecular weight excluding hydrogens is 284 g/mol. The molecule has 5 heteroatoms. The molecule has 2 aromatic rings. The maximum atomic E-state index is 10.0. The Morgan fingerprint density at radius 2 is 2.05 bits per heavy atom. The van der Waals surface area contributed by atoms with E-state index in [0.29, 0.717) is 6.54 Å². The summed E-state index contributed by atoms with van der Waals surface area (Å²) in [6, 6.07) is 6.17. The molecule has 4 nitrogen and oxygen atoms in total. The highest BCUT2D eigenvalue weighted by atomic mass is 32.1. The minimum atomic E-state index is -0.550. The van der Waals surface area contributed by atoms with Gasteiger partial charge in [-0.3, -0.25) is 0 Å². The molecule has 2 unspecified atom stereocenters. The number of ether oxygens (including phenoxy) is 1. The summed E-state index contributed by atoms with van der Waals surface area (Å²) in [5, 5.41) is 16.3. The minimum absolute atomic E-state index is 0.139. The van der Waals surface area contributed by atoms with Crippen LogP contribution in [0.15, 0.2) is 29.8 Å². The zero-order valence-corrected chi connectivity index (χ0v) is 13.5. The van der Waals surface area contributed by atoms with Crippen molar-refractivity contribution in [1.29, 1.82) is 0 Å². The van der Waals surface area contributed by atoms with Gasteiger partial charge in [-0.05, 0) is 31.9 Å². The van der Waals surface area contributed by atoms with Crippen LogP contribution in [0.3, 0.4) is 0 Å². The van der Waals surface area contributed by atoms with Crippen LogP contribution in [0.25, 0.3) is 0 Å². The number of benzene rings is 1. The van der Waals surface area contributed by atoms with Crippen molar-refractivity contribution in [2.24, 2.45) is 0 Å². The maximum absolute atomic E-state index is 10.0. The number of rotatable bonds is 7. The van der Waals surface area contributed by atoms with Crippen molar-refractivity contribution in [3.05, 3.63) is 45.9 Å².